The average molecular weight is 390 g/mol. The zero-order valence-electron chi connectivity index (χ0n) is 15.9. The molecule has 2 saturated heterocycles. The third-order valence-corrected chi connectivity index (χ3v) is 5.70. The highest BCUT2D eigenvalue weighted by Gasteiger charge is 2.54. The second kappa shape index (κ2) is 7.33. The molecule has 0 spiro atoms. The fraction of sp³-hybridized carbons (Fsp3) is 0.318. The number of imide groups is 1. The molecule has 3 aliphatic rings. The van der Waals surface area contributed by atoms with Crippen molar-refractivity contribution in [1.82, 2.24) is 10.2 Å². The van der Waals surface area contributed by atoms with Crippen LogP contribution in [0.3, 0.4) is 0 Å². The third-order valence-electron chi connectivity index (χ3n) is 5.70. The fourth-order valence-corrected chi connectivity index (χ4v) is 4.26. The Balaban J connectivity index is 1.55. The maximum atomic E-state index is 13.4. The van der Waals surface area contributed by atoms with Gasteiger partial charge >= 0.3 is 0 Å². The Hall–Kier alpha value is -3.19. The second-order valence-corrected chi connectivity index (χ2v) is 7.40. The van der Waals surface area contributed by atoms with E-state index >= 15 is 0 Å². The van der Waals surface area contributed by atoms with Crippen molar-refractivity contribution in [3.8, 4) is 0 Å². The molecule has 3 aliphatic heterocycles. The number of benzene rings is 2. The van der Waals surface area contributed by atoms with Crippen molar-refractivity contribution in [1.29, 1.82) is 0 Å². The van der Waals surface area contributed by atoms with Gasteiger partial charge in [0.2, 0.25) is 5.91 Å². The largest absolute Gasteiger partial charge is 0.378 e. The molecule has 0 aromatic heterocycles. The number of guanidine groups is 1. The molecule has 7 heteroatoms. The topological polar surface area (TPSA) is 74.2 Å². The molecule has 2 fully saturated rings. The van der Waals surface area contributed by atoms with Crippen LogP contribution in [0.5, 0.6) is 0 Å². The van der Waals surface area contributed by atoms with Gasteiger partial charge in [-0.3, -0.25) is 9.59 Å². The highest BCUT2D eigenvalue weighted by molar-refractivity contribution is 6.24. The number of para-hydroxylation sites is 1. The second-order valence-electron chi connectivity index (χ2n) is 7.40. The van der Waals surface area contributed by atoms with Crippen LogP contribution < -0.4 is 10.2 Å². The molecule has 1 N–H and O–H groups in total. The molecule has 3 atom stereocenters. The van der Waals surface area contributed by atoms with Gasteiger partial charge in [-0.25, -0.2) is 9.89 Å². The third kappa shape index (κ3) is 3.07. The molecule has 3 heterocycles. The van der Waals surface area contributed by atoms with Crippen molar-refractivity contribution >= 4 is 23.5 Å². The van der Waals surface area contributed by atoms with Crippen molar-refractivity contribution in [3.05, 3.63) is 66.2 Å². The number of morpholine rings is 1. The maximum Gasteiger partial charge on any atom is 0.257 e. The molecule has 7 nitrogen and oxygen atoms in total. The van der Waals surface area contributed by atoms with Gasteiger partial charge in [-0.2, -0.15) is 0 Å². The predicted octanol–water partition coefficient (Wildman–Crippen LogP) is 1.58. The van der Waals surface area contributed by atoms with Crippen LogP contribution >= 0.6 is 0 Å². The first-order valence-electron chi connectivity index (χ1n) is 9.89. The van der Waals surface area contributed by atoms with Crippen LogP contribution in [0, 0.1) is 5.92 Å². The number of nitrogens with zero attached hydrogens (tertiary/aromatic N) is 3. The molecule has 0 radical (unpaired) electrons. The van der Waals surface area contributed by atoms with Crippen LogP contribution in [0.2, 0.25) is 0 Å². The van der Waals surface area contributed by atoms with Gasteiger partial charge in [-0.15, -0.1) is 0 Å². The summed E-state index contributed by atoms with van der Waals surface area (Å²) in [5, 5.41) is 3.27. The molecule has 0 bridgehead atoms. The number of carbonyl (C=O) groups excluding carboxylic acids is 2. The van der Waals surface area contributed by atoms with Gasteiger partial charge in [-0.05, 0) is 17.7 Å². The van der Waals surface area contributed by atoms with E-state index in [1.807, 2.05) is 48.5 Å². The first kappa shape index (κ1) is 17.9. The van der Waals surface area contributed by atoms with Crippen LogP contribution in [-0.4, -0.2) is 55.0 Å². The van der Waals surface area contributed by atoms with E-state index in [9.17, 15) is 9.59 Å². The number of amides is 2. The van der Waals surface area contributed by atoms with E-state index in [1.54, 1.807) is 12.1 Å². The number of nitrogens with one attached hydrogen (secondary N) is 1. The van der Waals surface area contributed by atoms with E-state index in [4.69, 9.17) is 9.73 Å². The Morgan fingerprint density at radius 2 is 1.55 bits per heavy atom. The van der Waals surface area contributed by atoms with Crippen LogP contribution in [0.25, 0.3) is 0 Å². The number of hydrogen-bond acceptors (Lipinski definition) is 6. The Kier molecular flexibility index (Phi) is 4.52. The standard InChI is InChI=1S/C22H22N4O3/c27-20-17-18(15-7-3-1-4-8-15)23-22(25-11-13-29-14-12-25)24-19(17)21(28)26(20)16-9-5-2-6-10-16/h1-10,17-19H,11-14H2,(H,23,24)/t17-,18+,19-/m1/s1. The first-order chi connectivity index (χ1) is 14.2. The smallest absolute Gasteiger partial charge is 0.257 e. The summed E-state index contributed by atoms with van der Waals surface area (Å²) in [5.41, 5.74) is 1.53. The SMILES string of the molecule is O=C1[C@H]2[C@@H](NC(N3CCOCC3)=N[C@H]2c2ccccc2)C(=O)N1c1ccccc1. The summed E-state index contributed by atoms with van der Waals surface area (Å²) in [6, 6.07) is 17.8. The average Bonchev–Trinajstić information content (AvgIpc) is 3.05. The lowest BCUT2D eigenvalue weighted by molar-refractivity contribution is -0.122. The number of fused-ring (bicyclic) bond motifs is 1. The molecule has 2 amide bonds. The highest BCUT2D eigenvalue weighted by Crippen LogP contribution is 2.39. The first-order valence-corrected chi connectivity index (χ1v) is 9.89. The summed E-state index contributed by atoms with van der Waals surface area (Å²) in [4.78, 5) is 35.0. The van der Waals surface area contributed by atoms with Crippen molar-refractivity contribution < 1.29 is 14.3 Å². The molecule has 2 aromatic carbocycles. The molecule has 2 aromatic rings. The van der Waals surface area contributed by atoms with E-state index in [0.717, 1.165) is 5.56 Å². The van der Waals surface area contributed by atoms with E-state index in [-0.39, 0.29) is 11.8 Å². The monoisotopic (exact) mass is 390 g/mol. The number of anilines is 1. The van der Waals surface area contributed by atoms with Crippen LogP contribution in [0.15, 0.2) is 65.7 Å². The molecule has 0 saturated carbocycles. The summed E-state index contributed by atoms with van der Waals surface area (Å²) in [6.07, 6.45) is 0. The molecule has 5 rings (SSSR count). The lowest BCUT2D eigenvalue weighted by Gasteiger charge is -2.37. The van der Waals surface area contributed by atoms with Gasteiger partial charge in [0.1, 0.15) is 6.04 Å². The van der Waals surface area contributed by atoms with Crippen LogP contribution in [0.4, 0.5) is 5.69 Å². The van der Waals surface area contributed by atoms with Gasteiger partial charge in [0, 0.05) is 13.1 Å². The van der Waals surface area contributed by atoms with Crippen LogP contribution in [-0.2, 0) is 14.3 Å². The number of carbonyl (C=O) groups is 2. The number of rotatable bonds is 2. The summed E-state index contributed by atoms with van der Waals surface area (Å²) in [6.45, 7) is 2.65. The molecule has 29 heavy (non-hydrogen) atoms. The quantitative estimate of drug-likeness (QED) is 0.788. The van der Waals surface area contributed by atoms with Crippen molar-refractivity contribution in [2.24, 2.45) is 10.9 Å². The molecular weight excluding hydrogens is 368 g/mol. The van der Waals surface area contributed by atoms with Gasteiger partial charge in [0.05, 0.1) is 30.9 Å². The fourth-order valence-electron chi connectivity index (χ4n) is 4.26. The molecule has 0 unspecified atom stereocenters. The summed E-state index contributed by atoms with van der Waals surface area (Å²) < 4.78 is 5.45. The number of aliphatic imine (C=N–C) groups is 1. The van der Waals surface area contributed by atoms with Crippen molar-refractivity contribution in [2.45, 2.75) is 12.1 Å². The van der Waals surface area contributed by atoms with E-state index in [2.05, 4.69) is 10.2 Å². The lowest BCUT2D eigenvalue weighted by Crippen LogP contribution is -2.56. The van der Waals surface area contributed by atoms with E-state index < -0.39 is 18.0 Å². The summed E-state index contributed by atoms with van der Waals surface area (Å²) >= 11 is 0. The minimum atomic E-state index is -0.636. The molecule has 0 aliphatic carbocycles. The summed E-state index contributed by atoms with van der Waals surface area (Å²) in [7, 11) is 0. The van der Waals surface area contributed by atoms with Gasteiger partial charge in [0.15, 0.2) is 5.96 Å². The Bertz CT molecular complexity index is 941. The lowest BCUT2D eigenvalue weighted by atomic mass is 9.87. The molecular formula is C22H22N4O3. The summed E-state index contributed by atoms with van der Waals surface area (Å²) in [5.74, 6) is -0.348. The number of hydrogen-bond donors (Lipinski definition) is 1. The Labute approximate surface area is 169 Å². The van der Waals surface area contributed by atoms with E-state index in [0.29, 0.717) is 38.0 Å². The normalized spacial score (nSPS) is 26.8. The van der Waals surface area contributed by atoms with Crippen LogP contribution in [0.1, 0.15) is 11.6 Å². The molecule has 148 valence electrons. The number of ether oxygens (including phenoxy) is 1. The van der Waals surface area contributed by atoms with E-state index in [1.165, 1.54) is 4.90 Å². The highest BCUT2D eigenvalue weighted by atomic mass is 16.5. The van der Waals surface area contributed by atoms with Crippen molar-refractivity contribution in [2.75, 3.05) is 31.2 Å². The van der Waals surface area contributed by atoms with Gasteiger partial charge < -0.3 is 15.0 Å². The zero-order valence-corrected chi connectivity index (χ0v) is 15.9. The predicted molar refractivity (Wildman–Crippen MR) is 108 cm³/mol. The minimum absolute atomic E-state index is 0.211. The minimum Gasteiger partial charge on any atom is -0.378 e. The maximum absolute atomic E-state index is 13.4. The Morgan fingerprint density at radius 3 is 2.24 bits per heavy atom. The van der Waals surface area contributed by atoms with Gasteiger partial charge in [-0.1, -0.05) is 48.5 Å². The van der Waals surface area contributed by atoms with Gasteiger partial charge in [0.25, 0.3) is 5.91 Å². The Morgan fingerprint density at radius 1 is 0.897 bits per heavy atom. The zero-order chi connectivity index (χ0) is 19.8. The van der Waals surface area contributed by atoms with Crippen molar-refractivity contribution in [3.63, 3.8) is 0 Å².